The third-order valence-corrected chi connectivity index (χ3v) is 3.87. The molecule has 25 heavy (non-hydrogen) atoms. The van der Waals surface area contributed by atoms with Gasteiger partial charge in [-0.05, 0) is 29.2 Å². The predicted molar refractivity (Wildman–Crippen MR) is 116 cm³/mol. The summed E-state index contributed by atoms with van der Waals surface area (Å²) in [6, 6.07) is 17.4. The fourth-order valence-electron chi connectivity index (χ4n) is 2.34. The van der Waals surface area contributed by atoms with Gasteiger partial charge in [0.25, 0.3) is 0 Å². The molecular formula is C21H28Cl2N2. The van der Waals surface area contributed by atoms with Crippen molar-refractivity contribution in [2.45, 2.75) is 26.1 Å². The van der Waals surface area contributed by atoms with Crippen molar-refractivity contribution in [2.24, 2.45) is 0 Å². The molecule has 2 aromatic carbocycles. The first-order chi connectivity index (χ1) is 11.2. The zero-order chi connectivity index (χ0) is 16.5. The first kappa shape index (κ1) is 23.4. The summed E-state index contributed by atoms with van der Waals surface area (Å²) in [4.78, 5) is 0. The lowest BCUT2D eigenvalue weighted by atomic mass is 10.1. The first-order valence-corrected chi connectivity index (χ1v) is 8.08. The van der Waals surface area contributed by atoms with E-state index in [2.05, 4.69) is 79.2 Å². The molecule has 0 aromatic heterocycles. The number of nitrogens with one attached hydrogen (secondary N) is 2. The Hall–Kier alpha value is -1.58. The van der Waals surface area contributed by atoms with Crippen LogP contribution in [0.4, 0.5) is 0 Å². The maximum atomic E-state index is 3.77. The quantitative estimate of drug-likeness (QED) is 0.635. The molecule has 0 aliphatic carbocycles. The fourth-order valence-corrected chi connectivity index (χ4v) is 2.34. The summed E-state index contributed by atoms with van der Waals surface area (Å²) in [5, 5.41) is 7.03. The van der Waals surface area contributed by atoms with E-state index in [1.165, 1.54) is 11.1 Å². The van der Waals surface area contributed by atoms with Crippen molar-refractivity contribution in [1.29, 1.82) is 0 Å². The molecule has 1 unspecified atom stereocenters. The summed E-state index contributed by atoms with van der Waals surface area (Å²) in [7, 11) is 0. The molecule has 0 bridgehead atoms. The van der Waals surface area contributed by atoms with Gasteiger partial charge in [0.1, 0.15) is 0 Å². The molecule has 136 valence electrons. The smallest absolute Gasteiger partial charge is 0.0208 e. The van der Waals surface area contributed by atoms with Crippen molar-refractivity contribution in [2.75, 3.05) is 6.54 Å². The zero-order valence-electron chi connectivity index (χ0n) is 14.7. The van der Waals surface area contributed by atoms with Crippen molar-refractivity contribution < 1.29 is 0 Å². The van der Waals surface area contributed by atoms with Gasteiger partial charge in [-0.1, -0.05) is 73.8 Å². The summed E-state index contributed by atoms with van der Waals surface area (Å²) in [6.07, 6.45) is 3.73. The zero-order valence-corrected chi connectivity index (χ0v) is 16.3. The molecule has 0 heterocycles. The number of hydrogen-bond acceptors (Lipinski definition) is 2. The van der Waals surface area contributed by atoms with Gasteiger partial charge in [-0.25, -0.2) is 0 Å². The molecule has 0 aliphatic rings. The van der Waals surface area contributed by atoms with E-state index < -0.39 is 0 Å². The van der Waals surface area contributed by atoms with Crippen LogP contribution in [0.1, 0.15) is 29.2 Å². The molecule has 0 radical (unpaired) electrons. The second-order valence-corrected chi connectivity index (χ2v) is 5.80. The summed E-state index contributed by atoms with van der Waals surface area (Å²) in [5.74, 6) is 0. The third kappa shape index (κ3) is 8.37. The average Bonchev–Trinajstić information content (AvgIpc) is 2.61. The van der Waals surface area contributed by atoms with E-state index in [-0.39, 0.29) is 24.8 Å². The molecule has 2 nitrogen and oxygen atoms in total. The largest absolute Gasteiger partial charge is 0.311 e. The maximum Gasteiger partial charge on any atom is 0.0208 e. The molecule has 0 fully saturated rings. The number of hydrogen-bond donors (Lipinski definition) is 2. The first-order valence-electron chi connectivity index (χ1n) is 8.08. The standard InChI is InChI=1S/C21H26N2.2ClH/c1-4-18-6-10-20(11-7-18)15-22-14-17(3)23-16-21-12-8-19(5-2)9-13-21;;/h4-13,17,22-23H,1-2,14-16H2,3H3;2*1H. The minimum atomic E-state index is 0. The molecule has 2 rings (SSSR count). The molecule has 0 saturated carbocycles. The summed E-state index contributed by atoms with van der Waals surface area (Å²) < 4.78 is 0. The topological polar surface area (TPSA) is 24.1 Å². The van der Waals surface area contributed by atoms with Crippen LogP contribution in [0.3, 0.4) is 0 Å². The molecule has 0 amide bonds. The SMILES string of the molecule is C=Cc1ccc(CNCC(C)NCc2ccc(C=C)cc2)cc1.Cl.Cl. The Kier molecular flexibility index (Phi) is 11.9. The lowest BCUT2D eigenvalue weighted by Gasteiger charge is -2.15. The molecular weight excluding hydrogens is 351 g/mol. The van der Waals surface area contributed by atoms with Gasteiger partial charge in [-0.3, -0.25) is 0 Å². The third-order valence-electron chi connectivity index (χ3n) is 3.87. The van der Waals surface area contributed by atoms with Crippen LogP contribution in [0.15, 0.2) is 61.7 Å². The highest BCUT2D eigenvalue weighted by Gasteiger charge is 2.01. The van der Waals surface area contributed by atoms with Gasteiger partial charge >= 0.3 is 0 Å². The van der Waals surface area contributed by atoms with E-state index in [0.29, 0.717) is 6.04 Å². The van der Waals surface area contributed by atoms with Crippen molar-refractivity contribution >= 4 is 37.0 Å². The second-order valence-electron chi connectivity index (χ2n) is 5.80. The van der Waals surface area contributed by atoms with Gasteiger partial charge in [0.15, 0.2) is 0 Å². The molecule has 0 aliphatic heterocycles. The molecule has 2 N–H and O–H groups in total. The Morgan fingerprint density at radius 1 is 0.800 bits per heavy atom. The van der Waals surface area contributed by atoms with E-state index in [9.17, 15) is 0 Å². The minimum absolute atomic E-state index is 0. The normalized spacial score (nSPS) is 10.9. The van der Waals surface area contributed by atoms with E-state index in [4.69, 9.17) is 0 Å². The Balaban J connectivity index is 0.00000288. The van der Waals surface area contributed by atoms with Crippen LogP contribution in [-0.2, 0) is 13.1 Å². The number of halogens is 2. The molecule has 1 atom stereocenters. The Morgan fingerprint density at radius 2 is 1.24 bits per heavy atom. The van der Waals surface area contributed by atoms with Crippen LogP contribution in [0.5, 0.6) is 0 Å². The number of rotatable bonds is 9. The lowest BCUT2D eigenvalue weighted by molar-refractivity contribution is 0.501. The van der Waals surface area contributed by atoms with Gasteiger partial charge in [-0.2, -0.15) is 0 Å². The highest BCUT2D eigenvalue weighted by Crippen LogP contribution is 2.06. The fraction of sp³-hybridized carbons (Fsp3) is 0.238. The van der Waals surface area contributed by atoms with Crippen LogP contribution in [0, 0.1) is 0 Å². The maximum absolute atomic E-state index is 3.77. The lowest BCUT2D eigenvalue weighted by Crippen LogP contribution is -2.35. The van der Waals surface area contributed by atoms with Crippen molar-refractivity contribution in [3.8, 4) is 0 Å². The van der Waals surface area contributed by atoms with Crippen LogP contribution in [-0.4, -0.2) is 12.6 Å². The van der Waals surface area contributed by atoms with Gasteiger partial charge in [-0.15, -0.1) is 24.8 Å². The van der Waals surface area contributed by atoms with Crippen LogP contribution in [0.25, 0.3) is 12.2 Å². The van der Waals surface area contributed by atoms with Gasteiger partial charge < -0.3 is 10.6 Å². The monoisotopic (exact) mass is 378 g/mol. The van der Waals surface area contributed by atoms with Gasteiger partial charge in [0, 0.05) is 25.7 Å². The van der Waals surface area contributed by atoms with Gasteiger partial charge in [0.05, 0.1) is 0 Å². The van der Waals surface area contributed by atoms with E-state index in [1.807, 2.05) is 12.2 Å². The molecule has 0 saturated heterocycles. The van der Waals surface area contributed by atoms with Crippen molar-refractivity contribution in [3.63, 3.8) is 0 Å². The Morgan fingerprint density at radius 3 is 1.68 bits per heavy atom. The molecule has 2 aromatic rings. The Bertz CT molecular complexity index is 621. The van der Waals surface area contributed by atoms with E-state index >= 15 is 0 Å². The van der Waals surface area contributed by atoms with E-state index in [0.717, 1.165) is 30.8 Å². The average molecular weight is 379 g/mol. The number of benzene rings is 2. The van der Waals surface area contributed by atoms with Crippen molar-refractivity contribution in [1.82, 2.24) is 10.6 Å². The summed E-state index contributed by atoms with van der Waals surface area (Å²) in [5.41, 5.74) is 4.91. The second kappa shape index (κ2) is 12.7. The highest BCUT2D eigenvalue weighted by molar-refractivity contribution is 5.85. The minimum Gasteiger partial charge on any atom is -0.311 e. The Labute approximate surface area is 164 Å². The molecule has 4 heteroatoms. The molecule has 0 spiro atoms. The van der Waals surface area contributed by atoms with Crippen LogP contribution >= 0.6 is 24.8 Å². The summed E-state index contributed by atoms with van der Waals surface area (Å²) >= 11 is 0. The van der Waals surface area contributed by atoms with E-state index in [1.54, 1.807) is 0 Å². The van der Waals surface area contributed by atoms with Crippen LogP contribution in [0.2, 0.25) is 0 Å². The van der Waals surface area contributed by atoms with Gasteiger partial charge in [0.2, 0.25) is 0 Å². The van der Waals surface area contributed by atoms with Crippen molar-refractivity contribution in [3.05, 3.63) is 83.9 Å². The van der Waals surface area contributed by atoms with Crippen LogP contribution < -0.4 is 10.6 Å². The summed E-state index contributed by atoms with van der Waals surface area (Å²) in [6.45, 7) is 12.5. The predicted octanol–water partition coefficient (Wildman–Crippen LogP) is 5.08. The highest BCUT2D eigenvalue weighted by atomic mass is 35.5.